The van der Waals surface area contributed by atoms with Crippen LogP contribution in [0.25, 0.3) is 0 Å². The molecule has 3 rings (SSSR count). The largest absolute Gasteiger partial charge is 0.503 e. The van der Waals surface area contributed by atoms with Crippen LogP contribution in [0.2, 0.25) is 0 Å². The highest BCUT2D eigenvalue weighted by atomic mass is 16.5. The Hall–Kier alpha value is -3.41. The van der Waals surface area contributed by atoms with Gasteiger partial charge in [-0.1, -0.05) is 49.7 Å². The average molecular weight is 421 g/mol. The van der Waals surface area contributed by atoms with Gasteiger partial charge in [0.2, 0.25) is 0 Å². The number of ether oxygens (including phenoxy) is 1. The molecule has 0 saturated heterocycles. The fourth-order valence-corrected chi connectivity index (χ4v) is 3.65. The van der Waals surface area contributed by atoms with Gasteiger partial charge in [-0.3, -0.25) is 14.5 Å². The number of amides is 1. The standard InChI is InChI=1S/C25H27NO5/c1-14(2)22(27)20-21(17-9-6-8-16(5)12-17)26(24(29)23(20)28)19-11-7-10-18(13-19)25(30)31-15(3)4/h6-15,21,28H,1-5H3. The van der Waals surface area contributed by atoms with Crippen LogP contribution in [-0.4, -0.2) is 28.9 Å². The van der Waals surface area contributed by atoms with Gasteiger partial charge in [-0.05, 0) is 44.5 Å². The summed E-state index contributed by atoms with van der Waals surface area (Å²) in [4.78, 5) is 39.8. The summed E-state index contributed by atoms with van der Waals surface area (Å²) in [5.41, 5.74) is 2.41. The first-order valence-electron chi connectivity index (χ1n) is 10.3. The smallest absolute Gasteiger partial charge is 0.338 e. The van der Waals surface area contributed by atoms with Crippen molar-refractivity contribution >= 4 is 23.3 Å². The zero-order valence-corrected chi connectivity index (χ0v) is 18.4. The Morgan fingerprint density at radius 1 is 1.03 bits per heavy atom. The van der Waals surface area contributed by atoms with Crippen LogP contribution in [0.5, 0.6) is 0 Å². The van der Waals surface area contributed by atoms with Gasteiger partial charge in [0.25, 0.3) is 5.91 Å². The number of benzene rings is 2. The zero-order chi connectivity index (χ0) is 22.9. The minimum absolute atomic E-state index is 0.0701. The van der Waals surface area contributed by atoms with E-state index in [4.69, 9.17) is 4.74 Å². The van der Waals surface area contributed by atoms with Crippen molar-refractivity contribution in [1.82, 2.24) is 0 Å². The van der Waals surface area contributed by atoms with Gasteiger partial charge in [0.1, 0.15) is 0 Å². The number of Topliss-reactive ketones (excluding diaryl/α,β-unsaturated/α-hetero) is 1. The lowest BCUT2D eigenvalue weighted by Gasteiger charge is -2.28. The summed E-state index contributed by atoms with van der Waals surface area (Å²) in [6, 6.07) is 13.1. The van der Waals surface area contributed by atoms with Gasteiger partial charge in [-0.2, -0.15) is 0 Å². The first kappa shape index (κ1) is 22.3. The molecule has 1 heterocycles. The highest BCUT2D eigenvalue weighted by Gasteiger charge is 2.44. The first-order chi connectivity index (χ1) is 14.6. The summed E-state index contributed by atoms with van der Waals surface area (Å²) in [5.74, 6) is -2.43. The highest BCUT2D eigenvalue weighted by molar-refractivity contribution is 6.17. The molecule has 0 spiro atoms. The molecule has 2 aromatic carbocycles. The fraction of sp³-hybridized carbons (Fsp3) is 0.320. The molecule has 0 fully saturated rings. The van der Waals surface area contributed by atoms with E-state index in [2.05, 4.69) is 0 Å². The number of anilines is 1. The molecule has 6 nitrogen and oxygen atoms in total. The molecule has 162 valence electrons. The van der Waals surface area contributed by atoms with Gasteiger partial charge in [-0.25, -0.2) is 4.79 Å². The quantitative estimate of drug-likeness (QED) is 0.685. The molecule has 2 aromatic rings. The summed E-state index contributed by atoms with van der Waals surface area (Å²) < 4.78 is 5.26. The van der Waals surface area contributed by atoms with E-state index in [-0.39, 0.29) is 23.0 Å². The summed E-state index contributed by atoms with van der Waals surface area (Å²) in [7, 11) is 0. The molecule has 0 radical (unpaired) electrons. The number of hydrogen-bond acceptors (Lipinski definition) is 5. The first-order valence-corrected chi connectivity index (χ1v) is 10.3. The van der Waals surface area contributed by atoms with Crippen molar-refractivity contribution in [2.45, 2.75) is 46.8 Å². The van der Waals surface area contributed by atoms with E-state index in [1.807, 2.05) is 31.2 Å². The minimum Gasteiger partial charge on any atom is -0.503 e. The number of rotatable bonds is 6. The predicted molar refractivity (Wildman–Crippen MR) is 118 cm³/mol. The molecule has 1 aliphatic rings. The Morgan fingerprint density at radius 2 is 1.71 bits per heavy atom. The normalized spacial score (nSPS) is 16.4. The molecule has 1 atom stereocenters. The van der Waals surface area contributed by atoms with E-state index in [1.54, 1.807) is 52.0 Å². The maximum Gasteiger partial charge on any atom is 0.338 e. The van der Waals surface area contributed by atoms with Gasteiger partial charge in [0.05, 0.1) is 23.3 Å². The highest BCUT2D eigenvalue weighted by Crippen LogP contribution is 2.42. The maximum atomic E-state index is 13.1. The van der Waals surface area contributed by atoms with E-state index in [0.29, 0.717) is 11.3 Å². The SMILES string of the molecule is Cc1cccc(C2C(C(=O)C(C)C)=C(O)C(=O)N2c2cccc(C(=O)OC(C)C)c2)c1. The molecule has 6 heteroatoms. The molecular weight excluding hydrogens is 394 g/mol. The maximum absolute atomic E-state index is 13.1. The molecule has 1 N–H and O–H groups in total. The van der Waals surface area contributed by atoms with E-state index in [1.165, 1.54) is 4.90 Å². The van der Waals surface area contributed by atoms with Crippen LogP contribution in [0.4, 0.5) is 5.69 Å². The molecule has 1 amide bonds. The Morgan fingerprint density at radius 3 is 2.32 bits per heavy atom. The van der Waals surface area contributed by atoms with Crippen LogP contribution >= 0.6 is 0 Å². The Balaban J connectivity index is 2.14. The lowest BCUT2D eigenvalue weighted by molar-refractivity contribution is -0.119. The lowest BCUT2D eigenvalue weighted by Crippen LogP contribution is -2.31. The molecule has 0 saturated carbocycles. The second kappa shape index (κ2) is 8.76. The number of ketones is 1. The molecular formula is C25H27NO5. The third kappa shape index (κ3) is 4.38. The number of aliphatic hydroxyl groups excluding tert-OH is 1. The van der Waals surface area contributed by atoms with Gasteiger partial charge in [-0.15, -0.1) is 0 Å². The predicted octanol–water partition coefficient (Wildman–Crippen LogP) is 4.69. The number of nitrogens with zero attached hydrogens (tertiary/aromatic N) is 1. The van der Waals surface area contributed by atoms with Crippen molar-refractivity contribution in [2.24, 2.45) is 5.92 Å². The van der Waals surface area contributed by atoms with E-state index >= 15 is 0 Å². The Kier molecular flexibility index (Phi) is 6.29. The Bertz CT molecular complexity index is 1070. The lowest BCUT2D eigenvalue weighted by atomic mass is 9.90. The minimum atomic E-state index is -0.793. The molecule has 0 bridgehead atoms. The van der Waals surface area contributed by atoms with Crippen LogP contribution in [0.3, 0.4) is 0 Å². The van der Waals surface area contributed by atoms with E-state index in [0.717, 1.165) is 5.56 Å². The third-order valence-electron chi connectivity index (χ3n) is 5.06. The number of hydrogen-bond donors (Lipinski definition) is 1. The molecule has 0 aliphatic carbocycles. The molecule has 1 aliphatic heterocycles. The van der Waals surface area contributed by atoms with Crippen molar-refractivity contribution in [2.75, 3.05) is 4.90 Å². The van der Waals surface area contributed by atoms with E-state index in [9.17, 15) is 19.5 Å². The van der Waals surface area contributed by atoms with Crippen molar-refractivity contribution in [3.63, 3.8) is 0 Å². The number of aliphatic hydroxyl groups is 1. The monoisotopic (exact) mass is 421 g/mol. The number of esters is 1. The topological polar surface area (TPSA) is 83.9 Å². The molecule has 31 heavy (non-hydrogen) atoms. The summed E-state index contributed by atoms with van der Waals surface area (Å²) in [5, 5.41) is 10.7. The zero-order valence-electron chi connectivity index (χ0n) is 18.4. The second-order valence-electron chi connectivity index (χ2n) is 8.28. The van der Waals surface area contributed by atoms with E-state index < -0.39 is 29.6 Å². The van der Waals surface area contributed by atoms with Crippen molar-refractivity contribution in [3.8, 4) is 0 Å². The fourth-order valence-electron chi connectivity index (χ4n) is 3.65. The van der Waals surface area contributed by atoms with Crippen LogP contribution in [0.15, 0.2) is 59.9 Å². The Labute approximate surface area is 182 Å². The second-order valence-corrected chi connectivity index (χ2v) is 8.28. The van der Waals surface area contributed by atoms with Crippen molar-refractivity contribution < 1.29 is 24.2 Å². The molecule has 0 aromatic heterocycles. The van der Waals surface area contributed by atoms with Crippen molar-refractivity contribution in [3.05, 3.63) is 76.6 Å². The van der Waals surface area contributed by atoms with Gasteiger partial charge in [0, 0.05) is 11.6 Å². The number of carbonyl (C=O) groups excluding carboxylic acids is 3. The van der Waals surface area contributed by atoms with Crippen molar-refractivity contribution in [1.29, 1.82) is 0 Å². The summed E-state index contributed by atoms with van der Waals surface area (Å²) >= 11 is 0. The number of aryl methyl sites for hydroxylation is 1. The third-order valence-corrected chi connectivity index (χ3v) is 5.06. The molecule has 1 unspecified atom stereocenters. The summed E-state index contributed by atoms with van der Waals surface area (Å²) in [6.45, 7) is 8.88. The summed E-state index contributed by atoms with van der Waals surface area (Å²) in [6.07, 6.45) is -0.286. The van der Waals surface area contributed by atoms with Crippen LogP contribution in [0.1, 0.15) is 55.2 Å². The van der Waals surface area contributed by atoms with Crippen LogP contribution in [-0.2, 0) is 14.3 Å². The van der Waals surface area contributed by atoms with Gasteiger partial charge < -0.3 is 9.84 Å². The van der Waals surface area contributed by atoms with Crippen LogP contribution in [0, 0.1) is 12.8 Å². The van der Waals surface area contributed by atoms with Gasteiger partial charge in [0.15, 0.2) is 11.5 Å². The van der Waals surface area contributed by atoms with Crippen LogP contribution < -0.4 is 4.90 Å². The van der Waals surface area contributed by atoms with Gasteiger partial charge >= 0.3 is 5.97 Å². The number of carbonyl (C=O) groups is 3. The average Bonchev–Trinajstić information content (AvgIpc) is 2.98.